The van der Waals surface area contributed by atoms with Crippen LogP contribution in [0.5, 0.6) is 0 Å². The third kappa shape index (κ3) is 8.31. The van der Waals surface area contributed by atoms with Crippen LogP contribution in [0.3, 0.4) is 0 Å². The van der Waals surface area contributed by atoms with Gasteiger partial charge in [-0.25, -0.2) is 17.2 Å². The molecular weight excluding hydrogens is 476 g/mol. The molecule has 2 aromatic rings. The van der Waals surface area contributed by atoms with Crippen molar-refractivity contribution in [3.05, 3.63) is 65.7 Å². The molecule has 35 heavy (non-hydrogen) atoms. The molecule has 0 radical (unpaired) electrons. The van der Waals surface area contributed by atoms with Crippen LogP contribution in [0.15, 0.2) is 48.5 Å². The van der Waals surface area contributed by atoms with Gasteiger partial charge in [-0.2, -0.15) is 0 Å². The van der Waals surface area contributed by atoms with E-state index in [-0.39, 0.29) is 43.4 Å². The molecule has 7 nitrogen and oxygen atoms in total. The number of carbonyl (C=O) groups excluding carboxylic acids is 2. The fourth-order valence-corrected chi connectivity index (χ4v) is 4.67. The number of hydrogen-bond acceptors (Lipinski definition) is 4. The van der Waals surface area contributed by atoms with E-state index in [0.717, 1.165) is 17.0 Å². The maximum absolute atomic E-state index is 14.2. The summed E-state index contributed by atoms with van der Waals surface area (Å²) in [5.74, 6) is -1.72. The summed E-state index contributed by atoms with van der Waals surface area (Å²) in [5.41, 5.74) is 0.571. The molecule has 2 rings (SSSR count). The van der Waals surface area contributed by atoms with Gasteiger partial charge in [-0.15, -0.1) is 0 Å². The first kappa shape index (κ1) is 28.2. The fraction of sp³-hybridized carbons (Fsp3) is 0.440. The second-order valence-corrected chi connectivity index (χ2v) is 10.2. The molecule has 192 valence electrons. The number of sulfonamides is 1. The molecule has 0 aliphatic heterocycles. The molecule has 0 unspecified atom stereocenters. The Morgan fingerprint density at radius 1 is 1.03 bits per heavy atom. The first-order valence-electron chi connectivity index (χ1n) is 11.6. The summed E-state index contributed by atoms with van der Waals surface area (Å²) >= 11 is 0. The number of rotatable bonds is 13. The maximum atomic E-state index is 14.2. The van der Waals surface area contributed by atoms with Crippen LogP contribution in [0.1, 0.15) is 45.1 Å². The highest BCUT2D eigenvalue weighted by Gasteiger charge is 2.29. The average Bonchev–Trinajstić information content (AvgIpc) is 2.81. The van der Waals surface area contributed by atoms with Crippen LogP contribution in [0, 0.1) is 11.6 Å². The summed E-state index contributed by atoms with van der Waals surface area (Å²) in [6.07, 6.45) is 2.15. The van der Waals surface area contributed by atoms with Crippen molar-refractivity contribution in [2.75, 3.05) is 23.7 Å². The largest absolute Gasteiger partial charge is 0.354 e. The van der Waals surface area contributed by atoms with Crippen LogP contribution < -0.4 is 9.62 Å². The summed E-state index contributed by atoms with van der Waals surface area (Å²) in [7, 11) is -3.79. The highest BCUT2D eigenvalue weighted by atomic mass is 32.2. The first-order chi connectivity index (χ1) is 16.6. The lowest BCUT2D eigenvalue weighted by Crippen LogP contribution is -2.49. The van der Waals surface area contributed by atoms with Crippen molar-refractivity contribution in [3.63, 3.8) is 0 Å². The van der Waals surface area contributed by atoms with Gasteiger partial charge in [0.2, 0.25) is 21.8 Å². The Balaban J connectivity index is 2.20. The molecule has 0 saturated carbocycles. The van der Waals surface area contributed by atoms with Gasteiger partial charge in [-0.05, 0) is 49.1 Å². The predicted molar refractivity (Wildman–Crippen MR) is 132 cm³/mol. The van der Waals surface area contributed by atoms with Crippen molar-refractivity contribution < 1.29 is 26.8 Å². The van der Waals surface area contributed by atoms with Gasteiger partial charge < -0.3 is 10.2 Å². The molecule has 0 heterocycles. The van der Waals surface area contributed by atoms with E-state index >= 15 is 0 Å². The van der Waals surface area contributed by atoms with Crippen LogP contribution in [0.4, 0.5) is 14.5 Å². The van der Waals surface area contributed by atoms with E-state index in [1.165, 1.54) is 41.3 Å². The van der Waals surface area contributed by atoms with Crippen molar-refractivity contribution in [3.8, 4) is 0 Å². The molecule has 1 N–H and O–H groups in total. The average molecular weight is 510 g/mol. The molecule has 0 bridgehead atoms. The van der Waals surface area contributed by atoms with Crippen LogP contribution >= 0.6 is 0 Å². The number of amides is 2. The molecule has 2 amide bonds. The van der Waals surface area contributed by atoms with Crippen molar-refractivity contribution in [1.82, 2.24) is 10.2 Å². The monoisotopic (exact) mass is 509 g/mol. The van der Waals surface area contributed by atoms with Crippen molar-refractivity contribution in [2.24, 2.45) is 0 Å². The van der Waals surface area contributed by atoms with E-state index < -0.39 is 27.7 Å². The normalized spacial score (nSPS) is 12.1. The molecule has 0 aliphatic rings. The minimum atomic E-state index is -3.79. The number of benzene rings is 2. The minimum Gasteiger partial charge on any atom is -0.354 e. The summed E-state index contributed by atoms with van der Waals surface area (Å²) < 4.78 is 53.1. The maximum Gasteiger partial charge on any atom is 0.242 e. The number of para-hydroxylation sites is 1. The molecule has 0 spiro atoms. The third-order valence-corrected chi connectivity index (χ3v) is 6.65. The summed E-state index contributed by atoms with van der Waals surface area (Å²) in [4.78, 5) is 27.5. The highest BCUT2D eigenvalue weighted by Crippen LogP contribution is 2.22. The van der Waals surface area contributed by atoms with E-state index in [2.05, 4.69) is 5.32 Å². The highest BCUT2D eigenvalue weighted by molar-refractivity contribution is 7.92. The molecular formula is C25H33F2N3O4S. The second kappa shape index (κ2) is 13.2. The molecule has 0 aromatic heterocycles. The van der Waals surface area contributed by atoms with Gasteiger partial charge in [0.1, 0.15) is 17.7 Å². The van der Waals surface area contributed by atoms with Crippen LogP contribution in [0.2, 0.25) is 0 Å². The number of nitrogens with zero attached hydrogens (tertiary/aromatic N) is 2. The van der Waals surface area contributed by atoms with E-state index in [1.807, 2.05) is 6.92 Å². The quantitative estimate of drug-likeness (QED) is 0.445. The smallest absolute Gasteiger partial charge is 0.242 e. The summed E-state index contributed by atoms with van der Waals surface area (Å²) in [6, 6.07) is 10.5. The Morgan fingerprint density at radius 2 is 1.69 bits per heavy atom. The number of halogens is 2. The Bertz CT molecular complexity index is 1090. The second-order valence-electron chi connectivity index (χ2n) is 8.25. The van der Waals surface area contributed by atoms with Crippen LogP contribution in [0.25, 0.3) is 0 Å². The van der Waals surface area contributed by atoms with Crippen LogP contribution in [-0.2, 0) is 26.2 Å². The van der Waals surface area contributed by atoms with E-state index in [4.69, 9.17) is 0 Å². The fourth-order valence-electron chi connectivity index (χ4n) is 3.71. The Labute approximate surface area is 206 Å². The lowest BCUT2D eigenvalue weighted by atomic mass is 10.1. The molecule has 0 saturated heterocycles. The van der Waals surface area contributed by atoms with Gasteiger partial charge in [-0.3, -0.25) is 13.9 Å². The Hall–Kier alpha value is -3.01. The van der Waals surface area contributed by atoms with Gasteiger partial charge in [0, 0.05) is 26.1 Å². The lowest BCUT2D eigenvalue weighted by molar-refractivity contribution is -0.141. The SMILES string of the molecule is CCCNC(=O)[C@H](CC)N(Cc1ccc(F)cc1)C(=O)CCCN(c1ccccc1F)S(C)(=O)=O. The van der Waals surface area contributed by atoms with Gasteiger partial charge >= 0.3 is 0 Å². The topological polar surface area (TPSA) is 86.8 Å². The molecule has 10 heteroatoms. The molecule has 1 atom stereocenters. The standard InChI is InChI=1S/C25H33F2N3O4S/c1-4-16-28-25(32)22(5-2)29(18-19-12-14-20(26)15-13-19)24(31)11-8-17-30(35(3,33)34)23-10-7-6-9-21(23)27/h6-7,9-10,12-15,22H,4-5,8,11,16-18H2,1-3H3,(H,28,32)/t22-/m0/s1. The third-order valence-electron chi connectivity index (χ3n) is 5.47. The lowest BCUT2D eigenvalue weighted by Gasteiger charge is -2.31. The number of hydrogen-bond donors (Lipinski definition) is 1. The number of anilines is 1. The zero-order valence-corrected chi connectivity index (χ0v) is 21.2. The summed E-state index contributed by atoms with van der Waals surface area (Å²) in [6.45, 7) is 4.19. The predicted octanol–water partition coefficient (Wildman–Crippen LogP) is 3.84. The van der Waals surface area contributed by atoms with Crippen molar-refractivity contribution in [2.45, 2.75) is 52.1 Å². The van der Waals surface area contributed by atoms with E-state index in [1.54, 1.807) is 19.1 Å². The minimum absolute atomic E-state index is 0.0563. The van der Waals surface area contributed by atoms with Gasteiger partial charge in [-0.1, -0.05) is 38.1 Å². The summed E-state index contributed by atoms with van der Waals surface area (Å²) in [5, 5.41) is 2.81. The zero-order chi connectivity index (χ0) is 26.0. The first-order valence-corrected chi connectivity index (χ1v) is 13.5. The van der Waals surface area contributed by atoms with E-state index in [9.17, 15) is 26.8 Å². The number of nitrogens with one attached hydrogen (secondary N) is 1. The molecule has 2 aromatic carbocycles. The van der Waals surface area contributed by atoms with Crippen molar-refractivity contribution in [1.29, 1.82) is 0 Å². The van der Waals surface area contributed by atoms with E-state index in [0.29, 0.717) is 18.5 Å². The van der Waals surface area contributed by atoms with Crippen molar-refractivity contribution >= 4 is 27.5 Å². The van der Waals surface area contributed by atoms with Gasteiger partial charge in [0.15, 0.2) is 0 Å². The Morgan fingerprint density at radius 3 is 2.26 bits per heavy atom. The molecule has 0 aliphatic carbocycles. The Kier molecular flexibility index (Phi) is 10.6. The molecule has 0 fully saturated rings. The zero-order valence-electron chi connectivity index (χ0n) is 20.3. The van der Waals surface area contributed by atoms with Crippen LogP contribution in [-0.4, -0.2) is 50.5 Å². The van der Waals surface area contributed by atoms with Gasteiger partial charge in [0.25, 0.3) is 0 Å². The number of carbonyl (C=O) groups is 2. The van der Waals surface area contributed by atoms with Gasteiger partial charge in [0.05, 0.1) is 11.9 Å².